The highest BCUT2D eigenvalue weighted by atomic mass is 16.5. The number of nitrogens with zero attached hydrogens (tertiary/aromatic N) is 1. The second-order valence-electron chi connectivity index (χ2n) is 6.52. The zero-order valence-electron chi connectivity index (χ0n) is 11.6. The molecule has 2 bridgehead atoms. The molecule has 0 spiro atoms. The third-order valence-corrected chi connectivity index (χ3v) is 4.79. The second-order valence-corrected chi connectivity index (χ2v) is 6.52. The molecule has 1 aliphatic carbocycles. The molecule has 1 aromatic rings. The molecule has 1 saturated carbocycles. The summed E-state index contributed by atoms with van der Waals surface area (Å²) < 4.78 is 5.25. The number of nitrogens with one attached hydrogen (secondary N) is 2. The largest absolute Gasteiger partial charge is 0.360 e. The third-order valence-electron chi connectivity index (χ3n) is 4.79. The highest BCUT2D eigenvalue weighted by Gasteiger charge is 2.33. The topological polar surface area (TPSA) is 67.2 Å². The average Bonchev–Trinajstić information content (AvgIpc) is 3.16. The Morgan fingerprint density at radius 2 is 2.00 bits per heavy atom. The van der Waals surface area contributed by atoms with E-state index in [0.29, 0.717) is 23.7 Å². The number of rotatable bonds is 3. The molecule has 1 aromatic heterocycles. The quantitative estimate of drug-likeness (QED) is 0.885. The predicted molar refractivity (Wildman–Crippen MR) is 73.5 cm³/mol. The van der Waals surface area contributed by atoms with Crippen LogP contribution in [0, 0.1) is 0 Å². The minimum Gasteiger partial charge on any atom is -0.360 e. The van der Waals surface area contributed by atoms with Gasteiger partial charge in [-0.1, -0.05) is 11.6 Å². The number of hydrogen-bond donors (Lipinski definition) is 2. The molecule has 3 aliphatic rings. The number of fused-ring (bicyclic) bond motifs is 2. The summed E-state index contributed by atoms with van der Waals surface area (Å²) in [6.45, 7) is 0. The van der Waals surface area contributed by atoms with Crippen molar-refractivity contribution in [3.05, 3.63) is 17.5 Å². The molecule has 2 aliphatic heterocycles. The SMILES string of the molecule is O=C(NC1CC2CCCC(C1)N2)c1cc(C2CC2)on1. The van der Waals surface area contributed by atoms with Crippen molar-refractivity contribution in [2.45, 2.75) is 69.0 Å². The van der Waals surface area contributed by atoms with Crippen molar-refractivity contribution >= 4 is 5.91 Å². The van der Waals surface area contributed by atoms with E-state index in [2.05, 4.69) is 15.8 Å². The maximum atomic E-state index is 12.2. The molecule has 5 heteroatoms. The first kappa shape index (κ1) is 12.4. The predicted octanol–water partition coefficient (Wildman–Crippen LogP) is 1.95. The lowest BCUT2D eigenvalue weighted by Gasteiger charge is -2.40. The van der Waals surface area contributed by atoms with E-state index in [-0.39, 0.29) is 11.9 Å². The van der Waals surface area contributed by atoms with Crippen LogP contribution in [0.4, 0.5) is 0 Å². The van der Waals surface area contributed by atoms with Gasteiger partial charge in [-0.3, -0.25) is 4.79 Å². The van der Waals surface area contributed by atoms with Crippen LogP contribution in [0.3, 0.4) is 0 Å². The highest BCUT2D eigenvalue weighted by molar-refractivity contribution is 5.92. The summed E-state index contributed by atoms with van der Waals surface area (Å²) >= 11 is 0. The van der Waals surface area contributed by atoms with E-state index >= 15 is 0 Å². The molecule has 2 atom stereocenters. The van der Waals surface area contributed by atoms with E-state index in [9.17, 15) is 4.79 Å². The summed E-state index contributed by atoms with van der Waals surface area (Å²) in [4.78, 5) is 12.2. The van der Waals surface area contributed by atoms with Gasteiger partial charge in [0.15, 0.2) is 5.69 Å². The molecule has 20 heavy (non-hydrogen) atoms. The van der Waals surface area contributed by atoms with Gasteiger partial charge < -0.3 is 15.2 Å². The Bertz CT molecular complexity index is 497. The Hall–Kier alpha value is -1.36. The van der Waals surface area contributed by atoms with Gasteiger partial charge in [-0.2, -0.15) is 0 Å². The van der Waals surface area contributed by atoms with Gasteiger partial charge in [0.1, 0.15) is 5.76 Å². The van der Waals surface area contributed by atoms with Crippen LogP contribution in [0.25, 0.3) is 0 Å². The van der Waals surface area contributed by atoms with Crippen LogP contribution in [-0.4, -0.2) is 29.2 Å². The molecular formula is C15H21N3O2. The summed E-state index contributed by atoms with van der Waals surface area (Å²) in [5, 5.41) is 10.7. The first-order valence-electron chi connectivity index (χ1n) is 7.81. The molecule has 2 saturated heterocycles. The van der Waals surface area contributed by atoms with Gasteiger partial charge in [-0.05, 0) is 38.5 Å². The summed E-state index contributed by atoms with van der Waals surface area (Å²) in [6, 6.07) is 3.24. The molecule has 1 amide bonds. The van der Waals surface area contributed by atoms with Crippen LogP contribution in [0.15, 0.2) is 10.6 Å². The van der Waals surface area contributed by atoms with Crippen LogP contribution in [0.1, 0.15) is 67.1 Å². The van der Waals surface area contributed by atoms with Gasteiger partial charge in [-0.15, -0.1) is 0 Å². The number of carbonyl (C=O) groups excluding carboxylic acids is 1. The van der Waals surface area contributed by atoms with Crippen molar-refractivity contribution in [1.82, 2.24) is 15.8 Å². The molecule has 0 aromatic carbocycles. The Morgan fingerprint density at radius 1 is 1.25 bits per heavy atom. The van der Waals surface area contributed by atoms with Crippen molar-refractivity contribution in [2.75, 3.05) is 0 Å². The maximum Gasteiger partial charge on any atom is 0.273 e. The first-order valence-corrected chi connectivity index (χ1v) is 7.81. The lowest BCUT2D eigenvalue weighted by Crippen LogP contribution is -2.54. The van der Waals surface area contributed by atoms with Crippen molar-refractivity contribution in [3.8, 4) is 0 Å². The molecule has 2 unspecified atom stereocenters. The fourth-order valence-electron chi connectivity index (χ4n) is 3.60. The van der Waals surface area contributed by atoms with Crippen LogP contribution in [0.2, 0.25) is 0 Å². The van der Waals surface area contributed by atoms with E-state index < -0.39 is 0 Å². The molecule has 0 radical (unpaired) electrons. The fraction of sp³-hybridized carbons (Fsp3) is 0.733. The second kappa shape index (κ2) is 4.88. The highest BCUT2D eigenvalue weighted by Crippen LogP contribution is 2.40. The van der Waals surface area contributed by atoms with E-state index in [0.717, 1.165) is 31.4 Å². The zero-order valence-corrected chi connectivity index (χ0v) is 11.6. The number of aromatic nitrogens is 1. The molecule has 2 N–H and O–H groups in total. The van der Waals surface area contributed by atoms with Gasteiger partial charge in [0, 0.05) is 30.1 Å². The van der Waals surface area contributed by atoms with Crippen LogP contribution in [0.5, 0.6) is 0 Å². The molecule has 4 rings (SSSR count). The molecule has 108 valence electrons. The molecule has 5 nitrogen and oxygen atoms in total. The van der Waals surface area contributed by atoms with Crippen LogP contribution < -0.4 is 10.6 Å². The standard InChI is InChI=1S/C15H21N3O2/c19-15(13-8-14(20-18-13)9-4-5-9)17-12-6-10-2-1-3-11(7-12)16-10/h8-12,16H,1-7H2,(H,17,19). The first-order chi connectivity index (χ1) is 9.78. The Balaban J connectivity index is 1.38. The number of amides is 1. The van der Waals surface area contributed by atoms with Gasteiger partial charge in [0.05, 0.1) is 0 Å². The minimum absolute atomic E-state index is 0.0781. The van der Waals surface area contributed by atoms with Gasteiger partial charge >= 0.3 is 0 Å². The summed E-state index contributed by atoms with van der Waals surface area (Å²) in [7, 11) is 0. The summed E-state index contributed by atoms with van der Waals surface area (Å²) in [5.74, 6) is 1.30. The van der Waals surface area contributed by atoms with Crippen LogP contribution in [-0.2, 0) is 0 Å². The lowest BCUT2D eigenvalue weighted by atomic mass is 9.84. The summed E-state index contributed by atoms with van der Waals surface area (Å²) in [5.41, 5.74) is 0.440. The summed E-state index contributed by atoms with van der Waals surface area (Å²) in [6.07, 6.45) is 8.18. The van der Waals surface area contributed by atoms with Gasteiger partial charge in [-0.25, -0.2) is 0 Å². The van der Waals surface area contributed by atoms with Gasteiger partial charge in [0.25, 0.3) is 5.91 Å². The minimum atomic E-state index is -0.0781. The van der Waals surface area contributed by atoms with E-state index in [4.69, 9.17) is 4.52 Å². The van der Waals surface area contributed by atoms with Crippen LogP contribution >= 0.6 is 0 Å². The Kier molecular flexibility index (Phi) is 3.02. The molecule has 3 heterocycles. The molecular weight excluding hydrogens is 254 g/mol. The van der Waals surface area contributed by atoms with Crippen molar-refractivity contribution in [1.29, 1.82) is 0 Å². The zero-order chi connectivity index (χ0) is 13.5. The van der Waals surface area contributed by atoms with Gasteiger partial charge in [0.2, 0.25) is 0 Å². The van der Waals surface area contributed by atoms with Crippen molar-refractivity contribution < 1.29 is 9.32 Å². The third kappa shape index (κ3) is 2.46. The monoisotopic (exact) mass is 275 g/mol. The van der Waals surface area contributed by atoms with Crippen molar-refractivity contribution in [2.24, 2.45) is 0 Å². The number of carbonyl (C=O) groups is 1. The van der Waals surface area contributed by atoms with E-state index in [1.165, 1.54) is 19.3 Å². The number of hydrogen-bond acceptors (Lipinski definition) is 4. The molecule has 3 fully saturated rings. The maximum absolute atomic E-state index is 12.2. The normalized spacial score (nSPS) is 32.9. The smallest absolute Gasteiger partial charge is 0.273 e. The van der Waals surface area contributed by atoms with E-state index in [1.807, 2.05) is 6.07 Å². The Morgan fingerprint density at radius 3 is 2.70 bits per heavy atom. The van der Waals surface area contributed by atoms with Crippen molar-refractivity contribution in [3.63, 3.8) is 0 Å². The fourth-order valence-corrected chi connectivity index (χ4v) is 3.60. The number of piperidine rings is 2. The average molecular weight is 275 g/mol. The lowest BCUT2D eigenvalue weighted by molar-refractivity contribution is 0.0898. The Labute approximate surface area is 118 Å². The van der Waals surface area contributed by atoms with E-state index in [1.54, 1.807) is 0 Å².